The Bertz CT molecular complexity index is 310. The average Bonchev–Trinajstić information content (AvgIpc) is 2.76. The van der Waals surface area contributed by atoms with Crippen molar-refractivity contribution in [1.29, 1.82) is 0 Å². The minimum atomic E-state index is 0.142. The Morgan fingerprint density at radius 2 is 2.25 bits per heavy atom. The third-order valence-electron chi connectivity index (χ3n) is 2.32. The number of morpholine rings is 1. The first-order valence-corrected chi connectivity index (χ1v) is 6.48. The number of ether oxygens (including phenoxy) is 3. The molecule has 0 saturated carbocycles. The Hall–Kier alpha value is -0.780. The van der Waals surface area contributed by atoms with Crippen molar-refractivity contribution < 1.29 is 14.2 Å². The molecule has 2 rings (SSSR count). The molecular weight excluding hydrogens is 226 g/mol. The summed E-state index contributed by atoms with van der Waals surface area (Å²) in [6.07, 6.45) is 0.142. The number of thiophene rings is 1. The maximum atomic E-state index is 5.69. The molecule has 1 aliphatic heterocycles. The highest BCUT2D eigenvalue weighted by atomic mass is 32.1. The Kier molecular flexibility index (Phi) is 4.44. The van der Waals surface area contributed by atoms with Gasteiger partial charge in [0.15, 0.2) is 11.5 Å². The summed E-state index contributed by atoms with van der Waals surface area (Å²) in [4.78, 5) is 0. The van der Waals surface area contributed by atoms with E-state index in [1.807, 2.05) is 17.7 Å². The van der Waals surface area contributed by atoms with Gasteiger partial charge in [0.25, 0.3) is 0 Å². The molecule has 0 bridgehead atoms. The summed E-state index contributed by atoms with van der Waals surface area (Å²) >= 11 is 1.59. The molecule has 0 spiro atoms. The lowest BCUT2D eigenvalue weighted by Crippen LogP contribution is -2.41. The lowest BCUT2D eigenvalue weighted by molar-refractivity contribution is -0.000238. The van der Waals surface area contributed by atoms with Gasteiger partial charge in [0, 0.05) is 23.8 Å². The van der Waals surface area contributed by atoms with Crippen LogP contribution >= 0.6 is 11.3 Å². The first kappa shape index (κ1) is 11.7. The number of hydrogen-bond acceptors (Lipinski definition) is 5. The van der Waals surface area contributed by atoms with Gasteiger partial charge in [-0.3, -0.25) is 0 Å². The highest BCUT2D eigenvalue weighted by Gasteiger charge is 2.15. The second-order valence-corrected chi connectivity index (χ2v) is 4.28. The molecule has 0 radical (unpaired) electrons. The molecule has 0 aromatic carbocycles. The molecule has 1 aliphatic rings. The van der Waals surface area contributed by atoms with Crippen LogP contribution in [0.5, 0.6) is 11.5 Å². The van der Waals surface area contributed by atoms with Gasteiger partial charge in [-0.1, -0.05) is 0 Å². The Morgan fingerprint density at radius 1 is 1.44 bits per heavy atom. The first-order chi connectivity index (χ1) is 7.90. The normalized spacial score (nSPS) is 20.7. The molecule has 0 amide bonds. The molecule has 1 N–H and O–H groups in total. The zero-order chi connectivity index (χ0) is 11.2. The van der Waals surface area contributed by atoms with Crippen molar-refractivity contribution in [3.8, 4) is 11.5 Å². The lowest BCUT2D eigenvalue weighted by atomic mass is 10.3. The summed E-state index contributed by atoms with van der Waals surface area (Å²) in [6.45, 7) is 5.75. The maximum Gasteiger partial charge on any atom is 0.172 e. The molecule has 4 nitrogen and oxygen atoms in total. The SMILES string of the molecule is CCOc1cscc1OCC1CNCCO1. The minimum Gasteiger partial charge on any atom is -0.489 e. The third kappa shape index (κ3) is 3.10. The molecule has 2 heterocycles. The van der Waals surface area contributed by atoms with E-state index in [2.05, 4.69) is 5.32 Å². The molecule has 1 atom stereocenters. The van der Waals surface area contributed by atoms with Crippen LogP contribution in [0.1, 0.15) is 6.92 Å². The molecule has 1 aromatic heterocycles. The van der Waals surface area contributed by atoms with E-state index >= 15 is 0 Å². The van der Waals surface area contributed by atoms with E-state index in [4.69, 9.17) is 14.2 Å². The average molecular weight is 243 g/mol. The highest BCUT2D eigenvalue weighted by Crippen LogP contribution is 2.31. The number of rotatable bonds is 5. The van der Waals surface area contributed by atoms with Crippen molar-refractivity contribution in [3.05, 3.63) is 10.8 Å². The van der Waals surface area contributed by atoms with Crippen molar-refractivity contribution >= 4 is 11.3 Å². The summed E-state index contributed by atoms with van der Waals surface area (Å²) in [5.41, 5.74) is 0. The van der Waals surface area contributed by atoms with E-state index in [0.29, 0.717) is 13.2 Å². The fraction of sp³-hybridized carbons (Fsp3) is 0.636. The number of hydrogen-bond donors (Lipinski definition) is 1. The van der Waals surface area contributed by atoms with Gasteiger partial charge >= 0.3 is 0 Å². The summed E-state index contributed by atoms with van der Waals surface area (Å²) in [5.74, 6) is 1.65. The molecule has 16 heavy (non-hydrogen) atoms. The van der Waals surface area contributed by atoms with Gasteiger partial charge in [-0.2, -0.15) is 0 Å². The van der Waals surface area contributed by atoms with E-state index in [9.17, 15) is 0 Å². The van der Waals surface area contributed by atoms with Crippen molar-refractivity contribution in [2.75, 3.05) is 32.9 Å². The zero-order valence-corrected chi connectivity index (χ0v) is 10.2. The number of nitrogens with one attached hydrogen (secondary N) is 1. The van der Waals surface area contributed by atoms with E-state index in [-0.39, 0.29) is 6.10 Å². The predicted octanol–water partition coefficient (Wildman–Crippen LogP) is 1.51. The van der Waals surface area contributed by atoms with E-state index < -0.39 is 0 Å². The molecule has 5 heteroatoms. The lowest BCUT2D eigenvalue weighted by Gasteiger charge is -2.23. The van der Waals surface area contributed by atoms with Crippen LogP contribution in [0.4, 0.5) is 0 Å². The van der Waals surface area contributed by atoms with Crippen LogP contribution in [0.2, 0.25) is 0 Å². The Labute approximate surface area is 99.5 Å². The Morgan fingerprint density at radius 3 is 2.94 bits per heavy atom. The first-order valence-electron chi connectivity index (χ1n) is 5.54. The fourth-order valence-corrected chi connectivity index (χ4v) is 2.23. The molecule has 1 fully saturated rings. The predicted molar refractivity (Wildman–Crippen MR) is 63.6 cm³/mol. The van der Waals surface area contributed by atoms with Crippen LogP contribution in [0, 0.1) is 0 Å². The van der Waals surface area contributed by atoms with Crippen molar-refractivity contribution in [2.24, 2.45) is 0 Å². The van der Waals surface area contributed by atoms with E-state index in [1.54, 1.807) is 11.3 Å². The Balaban J connectivity index is 1.81. The molecule has 1 saturated heterocycles. The summed E-state index contributed by atoms with van der Waals surface area (Å²) in [5, 5.41) is 7.19. The zero-order valence-electron chi connectivity index (χ0n) is 9.40. The van der Waals surface area contributed by atoms with Gasteiger partial charge in [0.2, 0.25) is 0 Å². The van der Waals surface area contributed by atoms with E-state index in [1.165, 1.54) is 0 Å². The molecule has 1 unspecified atom stereocenters. The molecule has 90 valence electrons. The highest BCUT2D eigenvalue weighted by molar-refractivity contribution is 7.08. The summed E-state index contributed by atoms with van der Waals surface area (Å²) in [7, 11) is 0. The topological polar surface area (TPSA) is 39.7 Å². The van der Waals surface area contributed by atoms with Crippen LogP contribution in [0.15, 0.2) is 10.8 Å². The maximum absolute atomic E-state index is 5.69. The van der Waals surface area contributed by atoms with Crippen LogP contribution in [0.25, 0.3) is 0 Å². The van der Waals surface area contributed by atoms with Crippen molar-refractivity contribution in [1.82, 2.24) is 5.32 Å². The van der Waals surface area contributed by atoms with Crippen molar-refractivity contribution in [2.45, 2.75) is 13.0 Å². The van der Waals surface area contributed by atoms with Gasteiger partial charge in [-0.05, 0) is 6.92 Å². The van der Waals surface area contributed by atoms with Crippen LogP contribution < -0.4 is 14.8 Å². The molecular formula is C11H17NO3S. The largest absolute Gasteiger partial charge is 0.489 e. The van der Waals surface area contributed by atoms with Gasteiger partial charge in [-0.15, -0.1) is 11.3 Å². The second-order valence-electron chi connectivity index (χ2n) is 3.54. The van der Waals surface area contributed by atoms with Gasteiger partial charge in [-0.25, -0.2) is 0 Å². The molecule has 0 aliphatic carbocycles. The van der Waals surface area contributed by atoms with Gasteiger partial charge < -0.3 is 19.5 Å². The van der Waals surface area contributed by atoms with E-state index in [0.717, 1.165) is 31.2 Å². The summed E-state index contributed by atoms with van der Waals surface area (Å²) in [6, 6.07) is 0. The van der Waals surface area contributed by atoms with Crippen molar-refractivity contribution in [3.63, 3.8) is 0 Å². The molecule has 1 aromatic rings. The quantitative estimate of drug-likeness (QED) is 0.851. The van der Waals surface area contributed by atoms with Crippen LogP contribution in [-0.2, 0) is 4.74 Å². The second kappa shape index (κ2) is 6.08. The van der Waals surface area contributed by atoms with Gasteiger partial charge in [0.1, 0.15) is 12.7 Å². The standard InChI is InChI=1S/C11H17NO3S/c1-2-13-10-7-16-8-11(10)15-6-9-5-12-3-4-14-9/h7-9,12H,2-6H2,1H3. The summed E-state index contributed by atoms with van der Waals surface area (Å²) < 4.78 is 16.7. The smallest absolute Gasteiger partial charge is 0.172 e. The monoisotopic (exact) mass is 243 g/mol. The van der Waals surface area contributed by atoms with Crippen LogP contribution in [0.3, 0.4) is 0 Å². The minimum absolute atomic E-state index is 0.142. The fourth-order valence-electron chi connectivity index (χ4n) is 1.55. The third-order valence-corrected chi connectivity index (χ3v) is 3.02. The van der Waals surface area contributed by atoms with Gasteiger partial charge in [0.05, 0.1) is 13.2 Å². The van der Waals surface area contributed by atoms with Crippen LogP contribution in [-0.4, -0.2) is 39.0 Å².